The first-order valence-electron chi connectivity index (χ1n) is 4.37. The molecule has 0 aliphatic heterocycles. The van der Waals surface area contributed by atoms with Crippen LogP contribution >= 0.6 is 11.6 Å². The number of nitrogens with zero attached hydrogens (tertiary/aromatic N) is 1. The number of rotatable bonds is 1. The predicted octanol–water partition coefficient (Wildman–Crippen LogP) is 2.69. The van der Waals surface area contributed by atoms with Gasteiger partial charge < -0.3 is 10.8 Å². The first-order chi connectivity index (χ1) is 7.16. The highest BCUT2D eigenvalue weighted by Gasteiger charge is 2.03. The molecule has 0 unspecified atom stereocenters. The summed E-state index contributed by atoms with van der Waals surface area (Å²) >= 11 is 5.86. The largest absolute Gasteiger partial charge is 0.504 e. The van der Waals surface area contributed by atoms with Gasteiger partial charge in [0.2, 0.25) is 0 Å². The maximum atomic E-state index is 9.41. The molecule has 0 aliphatic carbocycles. The van der Waals surface area contributed by atoms with Crippen molar-refractivity contribution in [2.75, 3.05) is 5.73 Å². The van der Waals surface area contributed by atoms with Gasteiger partial charge in [0.15, 0.2) is 11.6 Å². The number of halogens is 1. The molecule has 76 valence electrons. The number of hydrogen-bond acceptors (Lipinski definition) is 3. The average molecular weight is 221 g/mol. The summed E-state index contributed by atoms with van der Waals surface area (Å²) in [6, 6.07) is 8.88. The fourth-order valence-electron chi connectivity index (χ4n) is 1.29. The summed E-state index contributed by atoms with van der Waals surface area (Å²) in [5, 5.41) is 10.1. The first kappa shape index (κ1) is 9.80. The lowest BCUT2D eigenvalue weighted by Crippen LogP contribution is -1.90. The molecule has 0 fully saturated rings. The maximum absolute atomic E-state index is 9.41. The lowest BCUT2D eigenvalue weighted by Gasteiger charge is -2.03. The Labute approximate surface area is 92.1 Å². The fourth-order valence-corrected chi connectivity index (χ4v) is 1.48. The zero-order valence-corrected chi connectivity index (χ0v) is 8.57. The van der Waals surface area contributed by atoms with Crippen LogP contribution in [0.4, 0.5) is 5.82 Å². The number of aromatic nitrogens is 1. The van der Waals surface area contributed by atoms with E-state index in [4.69, 9.17) is 17.3 Å². The monoisotopic (exact) mass is 220 g/mol. The summed E-state index contributed by atoms with van der Waals surface area (Å²) in [6.07, 6.45) is 1.60. The van der Waals surface area contributed by atoms with E-state index in [1.807, 2.05) is 12.1 Å². The average Bonchev–Trinajstić information content (AvgIpc) is 2.22. The van der Waals surface area contributed by atoms with E-state index in [-0.39, 0.29) is 11.6 Å². The van der Waals surface area contributed by atoms with Gasteiger partial charge in [-0.2, -0.15) is 0 Å². The van der Waals surface area contributed by atoms with Crippen LogP contribution in [0.15, 0.2) is 36.5 Å². The number of pyridine rings is 1. The quantitative estimate of drug-likeness (QED) is 0.777. The Morgan fingerprint density at radius 3 is 2.67 bits per heavy atom. The van der Waals surface area contributed by atoms with Gasteiger partial charge in [-0.25, -0.2) is 4.98 Å². The zero-order valence-electron chi connectivity index (χ0n) is 7.81. The molecule has 1 heterocycles. The molecular formula is C11H9ClN2O. The van der Waals surface area contributed by atoms with Crippen molar-refractivity contribution in [2.24, 2.45) is 0 Å². The van der Waals surface area contributed by atoms with Gasteiger partial charge in [-0.3, -0.25) is 0 Å². The lowest BCUT2D eigenvalue weighted by atomic mass is 10.1. The van der Waals surface area contributed by atoms with Crippen molar-refractivity contribution in [3.8, 4) is 16.9 Å². The van der Waals surface area contributed by atoms with Crippen molar-refractivity contribution in [3.05, 3.63) is 41.6 Å². The van der Waals surface area contributed by atoms with E-state index in [1.165, 1.54) is 0 Å². The highest BCUT2D eigenvalue weighted by molar-refractivity contribution is 6.30. The number of benzene rings is 1. The van der Waals surface area contributed by atoms with Crippen LogP contribution in [-0.2, 0) is 0 Å². The number of nitrogens with two attached hydrogens (primary N) is 1. The Kier molecular flexibility index (Phi) is 2.47. The minimum Gasteiger partial charge on any atom is -0.504 e. The zero-order chi connectivity index (χ0) is 10.8. The molecule has 2 rings (SSSR count). The van der Waals surface area contributed by atoms with Gasteiger partial charge in [-0.15, -0.1) is 0 Å². The second-order valence-electron chi connectivity index (χ2n) is 3.14. The van der Waals surface area contributed by atoms with Gasteiger partial charge in [0.05, 0.1) is 0 Å². The highest BCUT2D eigenvalue weighted by atomic mass is 35.5. The van der Waals surface area contributed by atoms with E-state index in [0.29, 0.717) is 5.02 Å². The lowest BCUT2D eigenvalue weighted by molar-refractivity contribution is 0.476. The predicted molar refractivity (Wildman–Crippen MR) is 60.8 cm³/mol. The Balaban J connectivity index is 2.50. The second kappa shape index (κ2) is 3.79. The SMILES string of the molecule is Nc1ncc(-c2cccc(Cl)c2)cc1O. The van der Waals surface area contributed by atoms with Gasteiger partial charge in [-0.1, -0.05) is 23.7 Å². The summed E-state index contributed by atoms with van der Waals surface area (Å²) in [6.45, 7) is 0. The van der Waals surface area contributed by atoms with Crippen molar-refractivity contribution >= 4 is 17.4 Å². The summed E-state index contributed by atoms with van der Waals surface area (Å²) < 4.78 is 0. The second-order valence-corrected chi connectivity index (χ2v) is 3.58. The summed E-state index contributed by atoms with van der Waals surface area (Å²) in [5.74, 6) is 0.105. The van der Waals surface area contributed by atoms with Gasteiger partial charge in [-0.05, 0) is 23.8 Å². The van der Waals surface area contributed by atoms with E-state index >= 15 is 0 Å². The summed E-state index contributed by atoms with van der Waals surface area (Å²) in [4.78, 5) is 3.87. The first-order valence-corrected chi connectivity index (χ1v) is 4.75. The minimum atomic E-state index is -0.0209. The topological polar surface area (TPSA) is 59.1 Å². The van der Waals surface area contributed by atoms with E-state index in [0.717, 1.165) is 11.1 Å². The fraction of sp³-hybridized carbons (Fsp3) is 0. The molecule has 0 aliphatic rings. The van der Waals surface area contributed by atoms with Crippen molar-refractivity contribution < 1.29 is 5.11 Å². The molecule has 0 spiro atoms. The maximum Gasteiger partial charge on any atom is 0.165 e. The Bertz CT molecular complexity index is 500. The van der Waals surface area contributed by atoms with E-state index < -0.39 is 0 Å². The molecule has 1 aromatic heterocycles. The Morgan fingerprint density at radius 2 is 2.00 bits per heavy atom. The van der Waals surface area contributed by atoms with Gasteiger partial charge in [0, 0.05) is 16.8 Å². The van der Waals surface area contributed by atoms with Crippen molar-refractivity contribution in [2.45, 2.75) is 0 Å². The normalized spacial score (nSPS) is 10.2. The molecule has 0 saturated carbocycles. The number of nitrogen functional groups attached to an aromatic ring is 1. The summed E-state index contributed by atoms with van der Waals surface area (Å²) in [5.41, 5.74) is 7.08. The van der Waals surface area contributed by atoms with Gasteiger partial charge in [0.25, 0.3) is 0 Å². The number of aromatic hydroxyl groups is 1. The number of anilines is 1. The molecule has 0 bridgehead atoms. The molecule has 4 heteroatoms. The molecule has 3 nitrogen and oxygen atoms in total. The van der Waals surface area contributed by atoms with Gasteiger partial charge in [0.1, 0.15) is 0 Å². The van der Waals surface area contributed by atoms with Crippen LogP contribution < -0.4 is 5.73 Å². The third-order valence-electron chi connectivity index (χ3n) is 2.06. The van der Waals surface area contributed by atoms with Gasteiger partial charge >= 0.3 is 0 Å². The van der Waals surface area contributed by atoms with E-state index in [9.17, 15) is 5.11 Å². The van der Waals surface area contributed by atoms with Crippen molar-refractivity contribution in [1.29, 1.82) is 0 Å². The van der Waals surface area contributed by atoms with Crippen LogP contribution in [0.5, 0.6) is 5.75 Å². The summed E-state index contributed by atoms with van der Waals surface area (Å²) in [7, 11) is 0. The molecule has 1 aromatic carbocycles. The third-order valence-corrected chi connectivity index (χ3v) is 2.29. The molecule has 0 saturated heterocycles. The van der Waals surface area contributed by atoms with Crippen LogP contribution in [0.25, 0.3) is 11.1 Å². The molecule has 0 amide bonds. The van der Waals surface area contributed by atoms with Crippen LogP contribution in [0, 0.1) is 0 Å². The highest BCUT2D eigenvalue weighted by Crippen LogP contribution is 2.27. The van der Waals surface area contributed by atoms with Crippen molar-refractivity contribution in [1.82, 2.24) is 4.98 Å². The molecule has 15 heavy (non-hydrogen) atoms. The van der Waals surface area contributed by atoms with Crippen LogP contribution in [-0.4, -0.2) is 10.1 Å². The van der Waals surface area contributed by atoms with Crippen LogP contribution in [0.1, 0.15) is 0 Å². The molecule has 3 N–H and O–H groups in total. The Morgan fingerprint density at radius 1 is 1.20 bits per heavy atom. The van der Waals surface area contributed by atoms with Crippen LogP contribution in [0.2, 0.25) is 5.02 Å². The third kappa shape index (κ3) is 2.02. The van der Waals surface area contributed by atoms with E-state index in [1.54, 1.807) is 24.4 Å². The molecule has 0 radical (unpaired) electrons. The standard InChI is InChI=1S/C11H9ClN2O/c12-9-3-1-2-7(4-9)8-5-10(15)11(13)14-6-8/h1-6,15H,(H2,13,14). The number of hydrogen-bond donors (Lipinski definition) is 2. The van der Waals surface area contributed by atoms with Crippen molar-refractivity contribution in [3.63, 3.8) is 0 Å². The van der Waals surface area contributed by atoms with E-state index in [2.05, 4.69) is 4.98 Å². The molecule has 2 aromatic rings. The Hall–Kier alpha value is -1.74. The smallest absolute Gasteiger partial charge is 0.165 e. The minimum absolute atomic E-state index is 0.0209. The molecular weight excluding hydrogens is 212 g/mol. The van der Waals surface area contributed by atoms with Crippen LogP contribution in [0.3, 0.4) is 0 Å². The molecule has 0 atom stereocenters.